The van der Waals surface area contributed by atoms with Gasteiger partial charge in [-0.25, -0.2) is 4.39 Å². The smallest absolute Gasteiger partial charge is 0.294 e. The van der Waals surface area contributed by atoms with Gasteiger partial charge in [0, 0.05) is 31.8 Å². The average Bonchev–Trinajstić information content (AvgIpc) is 2.42. The van der Waals surface area contributed by atoms with Gasteiger partial charge in [0.15, 0.2) is 0 Å². The van der Waals surface area contributed by atoms with Gasteiger partial charge < -0.3 is 10.2 Å². The van der Waals surface area contributed by atoms with Gasteiger partial charge in [-0.2, -0.15) is 0 Å². The lowest BCUT2D eigenvalue weighted by Crippen LogP contribution is -2.42. The first-order valence-corrected chi connectivity index (χ1v) is 6.95. The summed E-state index contributed by atoms with van der Waals surface area (Å²) in [6, 6.07) is 2.47. The van der Waals surface area contributed by atoms with Crippen LogP contribution in [0.3, 0.4) is 0 Å². The topological polar surface area (TPSA) is 58.4 Å². The quantitative estimate of drug-likeness (QED) is 0.686. The number of nitro benzene ring substituents is 1. The van der Waals surface area contributed by atoms with E-state index in [0.29, 0.717) is 6.54 Å². The standard InChI is InChI=1S/C13H17ClFN3O2/c1-17(8-9-4-2-3-5-16-9)12-7-11(15)10(14)6-13(12)18(19)20/h6-7,9,16H,2-5,8H2,1H3. The van der Waals surface area contributed by atoms with E-state index in [0.717, 1.165) is 37.9 Å². The van der Waals surface area contributed by atoms with Crippen molar-refractivity contribution in [1.82, 2.24) is 5.32 Å². The van der Waals surface area contributed by atoms with Gasteiger partial charge in [0.05, 0.1) is 9.95 Å². The Labute approximate surface area is 121 Å². The zero-order valence-corrected chi connectivity index (χ0v) is 12.0. The minimum absolute atomic E-state index is 0.172. The van der Waals surface area contributed by atoms with Gasteiger partial charge in [-0.15, -0.1) is 0 Å². The first kappa shape index (κ1) is 15.0. The van der Waals surface area contributed by atoms with Crippen LogP contribution >= 0.6 is 11.6 Å². The van der Waals surface area contributed by atoms with Crippen molar-refractivity contribution in [3.63, 3.8) is 0 Å². The third kappa shape index (κ3) is 3.37. The second-order valence-corrected chi connectivity index (χ2v) is 5.45. The number of nitrogens with zero attached hydrogens (tertiary/aromatic N) is 2. The molecule has 1 aliphatic heterocycles. The molecule has 1 aromatic carbocycles. The van der Waals surface area contributed by atoms with E-state index in [2.05, 4.69) is 5.32 Å². The first-order chi connectivity index (χ1) is 9.49. The molecule has 20 heavy (non-hydrogen) atoms. The molecular weight excluding hydrogens is 285 g/mol. The predicted octanol–water partition coefficient (Wildman–Crippen LogP) is 2.97. The zero-order chi connectivity index (χ0) is 14.7. The maximum absolute atomic E-state index is 13.6. The summed E-state index contributed by atoms with van der Waals surface area (Å²) in [5.74, 6) is -0.643. The van der Waals surface area contributed by atoms with E-state index in [4.69, 9.17) is 11.6 Å². The summed E-state index contributed by atoms with van der Waals surface area (Å²) in [5.41, 5.74) is 0.0824. The SMILES string of the molecule is CN(CC1CCCCN1)c1cc(F)c(Cl)cc1[N+](=O)[O-]. The maximum atomic E-state index is 13.6. The van der Waals surface area contributed by atoms with Gasteiger partial charge in [0.2, 0.25) is 0 Å². The van der Waals surface area contributed by atoms with E-state index in [1.165, 1.54) is 0 Å². The summed E-state index contributed by atoms with van der Waals surface area (Å²) >= 11 is 5.62. The Morgan fingerprint density at radius 1 is 1.55 bits per heavy atom. The highest BCUT2D eigenvalue weighted by Crippen LogP contribution is 2.32. The normalized spacial score (nSPS) is 18.9. The molecule has 0 bridgehead atoms. The molecule has 1 atom stereocenters. The predicted molar refractivity (Wildman–Crippen MR) is 77.0 cm³/mol. The number of hydrogen-bond acceptors (Lipinski definition) is 4. The Morgan fingerprint density at radius 3 is 2.90 bits per heavy atom. The highest BCUT2D eigenvalue weighted by Gasteiger charge is 2.23. The fraction of sp³-hybridized carbons (Fsp3) is 0.538. The monoisotopic (exact) mass is 301 g/mol. The number of anilines is 1. The molecule has 1 unspecified atom stereocenters. The number of nitro groups is 1. The van der Waals surface area contributed by atoms with Crippen molar-refractivity contribution < 1.29 is 9.31 Å². The molecule has 1 aromatic rings. The molecule has 0 aliphatic carbocycles. The second-order valence-electron chi connectivity index (χ2n) is 5.04. The molecule has 1 fully saturated rings. The molecule has 0 radical (unpaired) electrons. The molecule has 7 heteroatoms. The van der Waals surface area contributed by atoms with Crippen molar-refractivity contribution in [2.45, 2.75) is 25.3 Å². The molecule has 1 N–H and O–H groups in total. The highest BCUT2D eigenvalue weighted by atomic mass is 35.5. The number of piperidine rings is 1. The number of hydrogen-bond donors (Lipinski definition) is 1. The Bertz CT molecular complexity index is 507. The van der Waals surface area contributed by atoms with Crippen LogP contribution in [-0.2, 0) is 0 Å². The number of halogens is 2. The molecular formula is C13H17ClFN3O2. The van der Waals surface area contributed by atoms with Gasteiger partial charge in [-0.05, 0) is 19.4 Å². The van der Waals surface area contributed by atoms with E-state index in [-0.39, 0.29) is 22.4 Å². The lowest BCUT2D eigenvalue weighted by Gasteiger charge is -2.29. The largest absolute Gasteiger partial charge is 0.367 e. The summed E-state index contributed by atoms with van der Waals surface area (Å²) in [6.45, 7) is 1.55. The van der Waals surface area contributed by atoms with Crippen LogP contribution < -0.4 is 10.2 Å². The summed E-state index contributed by atoms with van der Waals surface area (Å²) < 4.78 is 13.6. The summed E-state index contributed by atoms with van der Waals surface area (Å²) in [6.07, 6.45) is 3.31. The van der Waals surface area contributed by atoms with Crippen LogP contribution in [-0.4, -0.2) is 31.1 Å². The van der Waals surface area contributed by atoms with Crippen molar-refractivity contribution in [3.8, 4) is 0 Å². The molecule has 2 rings (SSSR count). The van der Waals surface area contributed by atoms with E-state index < -0.39 is 10.7 Å². The van der Waals surface area contributed by atoms with Crippen LogP contribution in [0.2, 0.25) is 5.02 Å². The zero-order valence-electron chi connectivity index (χ0n) is 11.2. The van der Waals surface area contributed by atoms with E-state index >= 15 is 0 Å². The average molecular weight is 302 g/mol. The van der Waals surface area contributed by atoms with Gasteiger partial charge in [-0.3, -0.25) is 10.1 Å². The lowest BCUT2D eigenvalue weighted by atomic mass is 10.0. The molecule has 0 spiro atoms. The molecule has 1 aliphatic rings. The molecule has 1 heterocycles. The van der Waals surface area contributed by atoms with E-state index in [9.17, 15) is 14.5 Å². The van der Waals surface area contributed by atoms with Gasteiger partial charge >= 0.3 is 0 Å². The fourth-order valence-corrected chi connectivity index (χ4v) is 2.64. The molecule has 0 saturated carbocycles. The van der Waals surface area contributed by atoms with Crippen molar-refractivity contribution >= 4 is 23.0 Å². The van der Waals surface area contributed by atoms with Gasteiger partial charge in [0.25, 0.3) is 5.69 Å². The number of nitrogens with one attached hydrogen (secondary N) is 1. The number of rotatable bonds is 4. The van der Waals surface area contributed by atoms with Crippen LogP contribution in [0.15, 0.2) is 12.1 Å². The molecule has 1 saturated heterocycles. The molecule has 0 aromatic heterocycles. The Kier molecular flexibility index (Phi) is 4.77. The molecule has 0 amide bonds. The fourth-order valence-electron chi connectivity index (χ4n) is 2.49. The van der Waals surface area contributed by atoms with Crippen LogP contribution in [0, 0.1) is 15.9 Å². The van der Waals surface area contributed by atoms with Crippen LogP contribution in [0.4, 0.5) is 15.8 Å². The van der Waals surface area contributed by atoms with Crippen molar-refractivity contribution in [1.29, 1.82) is 0 Å². The highest BCUT2D eigenvalue weighted by molar-refractivity contribution is 6.31. The van der Waals surface area contributed by atoms with Crippen LogP contribution in [0.5, 0.6) is 0 Å². The Morgan fingerprint density at radius 2 is 2.30 bits per heavy atom. The summed E-state index contributed by atoms with van der Waals surface area (Å²) in [7, 11) is 1.73. The van der Waals surface area contributed by atoms with Crippen LogP contribution in [0.1, 0.15) is 19.3 Å². The van der Waals surface area contributed by atoms with Crippen molar-refractivity contribution in [3.05, 3.63) is 33.1 Å². The molecule has 110 valence electrons. The number of likely N-dealkylation sites (N-methyl/N-ethyl adjacent to an activating group) is 1. The van der Waals surface area contributed by atoms with Gasteiger partial charge in [-0.1, -0.05) is 18.0 Å². The number of benzene rings is 1. The molecule has 5 nitrogen and oxygen atoms in total. The Balaban J connectivity index is 2.21. The lowest BCUT2D eigenvalue weighted by molar-refractivity contribution is -0.384. The minimum Gasteiger partial charge on any atom is -0.367 e. The van der Waals surface area contributed by atoms with Gasteiger partial charge in [0.1, 0.15) is 11.5 Å². The Hall–Kier alpha value is -1.40. The minimum atomic E-state index is -0.643. The van der Waals surface area contributed by atoms with Crippen LogP contribution in [0.25, 0.3) is 0 Å². The van der Waals surface area contributed by atoms with Crippen molar-refractivity contribution in [2.24, 2.45) is 0 Å². The van der Waals surface area contributed by atoms with E-state index in [1.807, 2.05) is 0 Å². The summed E-state index contributed by atoms with van der Waals surface area (Å²) in [5, 5.41) is 14.2. The van der Waals surface area contributed by atoms with Crippen molar-refractivity contribution in [2.75, 3.05) is 25.0 Å². The van der Waals surface area contributed by atoms with E-state index in [1.54, 1.807) is 11.9 Å². The third-order valence-electron chi connectivity index (χ3n) is 3.53. The maximum Gasteiger partial charge on any atom is 0.294 e. The third-order valence-corrected chi connectivity index (χ3v) is 3.82. The second kappa shape index (κ2) is 6.37. The summed E-state index contributed by atoms with van der Waals surface area (Å²) in [4.78, 5) is 12.2. The first-order valence-electron chi connectivity index (χ1n) is 6.57.